The van der Waals surface area contributed by atoms with Gasteiger partial charge in [-0.3, -0.25) is 0 Å². The van der Waals surface area contributed by atoms with Gasteiger partial charge in [-0.2, -0.15) is 0 Å². The minimum absolute atomic E-state index is 0.00155. The molecule has 1 aliphatic carbocycles. The van der Waals surface area contributed by atoms with Crippen LogP contribution in [0.15, 0.2) is 10.7 Å². The first-order chi connectivity index (χ1) is 9.59. The smallest absolute Gasteiger partial charge is 0.355 e. The molecule has 0 saturated heterocycles. The minimum atomic E-state index is -1.05. The van der Waals surface area contributed by atoms with Crippen molar-refractivity contribution in [3.05, 3.63) is 22.2 Å². The van der Waals surface area contributed by atoms with Gasteiger partial charge in [0, 0.05) is 12.8 Å². The predicted octanol–water partition coefficient (Wildman–Crippen LogP) is 3.52. The van der Waals surface area contributed by atoms with Gasteiger partial charge in [0.15, 0.2) is 11.5 Å². The molecule has 20 heavy (non-hydrogen) atoms. The van der Waals surface area contributed by atoms with Crippen LogP contribution in [0.5, 0.6) is 0 Å². The first kappa shape index (κ1) is 15.4. The first-order valence-corrected chi connectivity index (χ1v) is 7.78. The van der Waals surface area contributed by atoms with Crippen molar-refractivity contribution in [1.29, 1.82) is 0 Å². The van der Waals surface area contributed by atoms with Crippen LogP contribution in [-0.2, 0) is 10.3 Å². The van der Waals surface area contributed by atoms with E-state index in [2.05, 4.69) is 25.9 Å². The molecule has 0 radical (unpaired) electrons. The Morgan fingerprint density at radius 1 is 1.40 bits per heavy atom. The number of hydrogen-bond donors (Lipinski definition) is 1. The van der Waals surface area contributed by atoms with E-state index < -0.39 is 11.6 Å². The average molecular weight is 343 g/mol. The molecule has 0 aliphatic heterocycles. The van der Waals surface area contributed by atoms with Crippen molar-refractivity contribution < 1.29 is 14.6 Å². The molecule has 5 nitrogen and oxygen atoms in total. The molecule has 1 fully saturated rings. The summed E-state index contributed by atoms with van der Waals surface area (Å²) in [6, 6.07) is 0. The van der Waals surface area contributed by atoms with E-state index in [-0.39, 0.29) is 5.69 Å². The number of rotatable bonds is 4. The van der Waals surface area contributed by atoms with Crippen molar-refractivity contribution in [1.82, 2.24) is 9.97 Å². The summed E-state index contributed by atoms with van der Waals surface area (Å²) in [5, 5.41) is 9.20. The molecule has 1 saturated carbocycles. The third-order valence-corrected chi connectivity index (χ3v) is 4.27. The maximum absolute atomic E-state index is 11.2. The maximum Gasteiger partial charge on any atom is 0.355 e. The lowest BCUT2D eigenvalue weighted by molar-refractivity contribution is -0.0625. The Morgan fingerprint density at radius 3 is 2.60 bits per heavy atom. The Labute approximate surface area is 126 Å². The Kier molecular flexibility index (Phi) is 5.10. The number of carbonyl (C=O) groups is 1. The SMILES string of the molecule is CCOC1(c2ncc(Br)c(C(=O)O)n2)CCCCCC1. The summed E-state index contributed by atoms with van der Waals surface area (Å²) in [4.78, 5) is 19.8. The van der Waals surface area contributed by atoms with Gasteiger partial charge in [0.2, 0.25) is 0 Å². The van der Waals surface area contributed by atoms with E-state index in [1.807, 2.05) is 6.92 Å². The van der Waals surface area contributed by atoms with Crippen LogP contribution in [0.1, 0.15) is 61.8 Å². The number of aromatic carboxylic acids is 1. The zero-order valence-electron chi connectivity index (χ0n) is 11.6. The number of ether oxygens (including phenoxy) is 1. The maximum atomic E-state index is 11.2. The second kappa shape index (κ2) is 6.63. The summed E-state index contributed by atoms with van der Waals surface area (Å²) in [5.41, 5.74) is -0.533. The summed E-state index contributed by atoms with van der Waals surface area (Å²) in [6.07, 6.45) is 7.68. The van der Waals surface area contributed by atoms with Gasteiger partial charge in [-0.05, 0) is 35.7 Å². The van der Waals surface area contributed by atoms with Gasteiger partial charge in [0.1, 0.15) is 5.60 Å². The van der Waals surface area contributed by atoms with Crippen LogP contribution < -0.4 is 0 Å². The van der Waals surface area contributed by atoms with Gasteiger partial charge in [-0.25, -0.2) is 14.8 Å². The minimum Gasteiger partial charge on any atom is -0.476 e. The molecule has 2 rings (SSSR count). The lowest BCUT2D eigenvalue weighted by atomic mass is 9.93. The van der Waals surface area contributed by atoms with E-state index >= 15 is 0 Å². The van der Waals surface area contributed by atoms with Gasteiger partial charge in [-0.1, -0.05) is 25.7 Å². The highest BCUT2D eigenvalue weighted by Crippen LogP contribution is 2.38. The molecule has 0 amide bonds. The van der Waals surface area contributed by atoms with Crippen LogP contribution in [0.25, 0.3) is 0 Å². The van der Waals surface area contributed by atoms with E-state index in [0.29, 0.717) is 16.9 Å². The lowest BCUT2D eigenvalue weighted by Crippen LogP contribution is -2.32. The fraction of sp³-hybridized carbons (Fsp3) is 0.643. The topological polar surface area (TPSA) is 72.3 Å². The van der Waals surface area contributed by atoms with E-state index in [1.54, 1.807) is 0 Å². The number of carboxylic acids is 1. The molecule has 110 valence electrons. The van der Waals surface area contributed by atoms with Crippen molar-refractivity contribution in [2.24, 2.45) is 0 Å². The van der Waals surface area contributed by atoms with Crippen molar-refractivity contribution in [3.63, 3.8) is 0 Å². The highest BCUT2D eigenvalue weighted by Gasteiger charge is 2.37. The third kappa shape index (κ3) is 3.17. The average Bonchev–Trinajstić information content (AvgIpc) is 2.66. The zero-order valence-corrected chi connectivity index (χ0v) is 13.1. The predicted molar refractivity (Wildman–Crippen MR) is 77.7 cm³/mol. The van der Waals surface area contributed by atoms with Gasteiger partial charge in [0.25, 0.3) is 0 Å². The van der Waals surface area contributed by atoms with Crippen LogP contribution in [0.4, 0.5) is 0 Å². The van der Waals surface area contributed by atoms with Crippen LogP contribution in [0, 0.1) is 0 Å². The number of carboxylic acid groups (broad SMARTS) is 1. The summed E-state index contributed by atoms with van der Waals surface area (Å²) in [6.45, 7) is 2.52. The van der Waals surface area contributed by atoms with Gasteiger partial charge in [0.05, 0.1) is 4.47 Å². The highest BCUT2D eigenvalue weighted by molar-refractivity contribution is 9.10. The lowest BCUT2D eigenvalue weighted by Gasteiger charge is -2.31. The van der Waals surface area contributed by atoms with Crippen molar-refractivity contribution in [2.45, 2.75) is 51.0 Å². The molecule has 1 aromatic heterocycles. The van der Waals surface area contributed by atoms with Gasteiger partial charge in [-0.15, -0.1) is 0 Å². The molecule has 6 heteroatoms. The van der Waals surface area contributed by atoms with Crippen LogP contribution in [0.2, 0.25) is 0 Å². The van der Waals surface area contributed by atoms with Gasteiger partial charge < -0.3 is 9.84 Å². The Balaban J connectivity index is 2.42. The van der Waals surface area contributed by atoms with Crippen molar-refractivity contribution in [2.75, 3.05) is 6.61 Å². The fourth-order valence-electron chi connectivity index (χ4n) is 2.75. The Bertz CT molecular complexity index is 485. The van der Waals surface area contributed by atoms with Crippen molar-refractivity contribution in [3.8, 4) is 0 Å². The monoisotopic (exact) mass is 342 g/mol. The van der Waals surface area contributed by atoms with Crippen LogP contribution >= 0.6 is 15.9 Å². The van der Waals surface area contributed by atoms with Gasteiger partial charge >= 0.3 is 5.97 Å². The molecule has 0 aromatic carbocycles. The third-order valence-electron chi connectivity index (χ3n) is 3.69. The number of aromatic nitrogens is 2. The van der Waals surface area contributed by atoms with E-state index in [0.717, 1.165) is 25.7 Å². The summed E-state index contributed by atoms with van der Waals surface area (Å²) >= 11 is 3.18. The standard InChI is InChI=1S/C14H19BrN2O3/c1-2-20-14(7-5-3-4-6-8-14)13-16-9-10(15)11(17-13)12(18)19/h9H,2-8H2,1H3,(H,18,19). The second-order valence-corrected chi connectivity index (χ2v) is 5.89. The molecule has 1 heterocycles. The number of nitrogens with zero attached hydrogens (tertiary/aromatic N) is 2. The highest BCUT2D eigenvalue weighted by atomic mass is 79.9. The number of halogens is 1. The quantitative estimate of drug-likeness (QED) is 0.847. The van der Waals surface area contributed by atoms with E-state index in [9.17, 15) is 9.90 Å². The van der Waals surface area contributed by atoms with E-state index in [4.69, 9.17) is 4.74 Å². The summed E-state index contributed by atoms with van der Waals surface area (Å²) in [7, 11) is 0. The molecular weight excluding hydrogens is 324 g/mol. The second-order valence-electron chi connectivity index (χ2n) is 5.04. The molecule has 0 spiro atoms. The largest absolute Gasteiger partial charge is 0.476 e. The normalized spacial score (nSPS) is 18.5. The fourth-order valence-corrected chi connectivity index (χ4v) is 3.11. The van der Waals surface area contributed by atoms with Crippen LogP contribution in [0.3, 0.4) is 0 Å². The molecule has 1 N–H and O–H groups in total. The first-order valence-electron chi connectivity index (χ1n) is 6.99. The zero-order chi connectivity index (χ0) is 14.6. The molecule has 0 unspecified atom stereocenters. The van der Waals surface area contributed by atoms with E-state index in [1.165, 1.54) is 19.0 Å². The molecule has 0 atom stereocenters. The summed E-state index contributed by atoms with van der Waals surface area (Å²) < 4.78 is 6.38. The Morgan fingerprint density at radius 2 is 2.05 bits per heavy atom. The summed E-state index contributed by atoms with van der Waals surface area (Å²) in [5.74, 6) is -0.553. The molecule has 1 aromatic rings. The van der Waals surface area contributed by atoms with Crippen molar-refractivity contribution >= 4 is 21.9 Å². The molecule has 0 bridgehead atoms. The number of hydrogen-bond acceptors (Lipinski definition) is 4. The molecule has 1 aliphatic rings. The molecular formula is C14H19BrN2O3. The van der Waals surface area contributed by atoms with Crippen LogP contribution in [-0.4, -0.2) is 27.7 Å². The Hall–Kier alpha value is -1.01.